The molecule has 0 saturated heterocycles. The molecule has 3 fully saturated rings. The van der Waals surface area contributed by atoms with Crippen LogP contribution in [0.15, 0.2) is 115 Å². The van der Waals surface area contributed by atoms with Gasteiger partial charge in [0, 0.05) is 84.9 Å². The number of carbonyl (C=O) groups excluding carboxylic acids is 8. The number of amides is 9. The number of nitrogens with two attached hydrogens (primary N) is 1. The van der Waals surface area contributed by atoms with E-state index in [1.54, 1.807) is 62.5 Å². The van der Waals surface area contributed by atoms with Crippen LogP contribution in [0.5, 0.6) is 0 Å². The molecule has 3 bridgehead atoms. The monoisotopic (exact) mass is 1420 g/mol. The third-order valence-corrected chi connectivity index (χ3v) is 21.4. The maximum Gasteiger partial charge on any atom is 0.410 e. The van der Waals surface area contributed by atoms with Crippen molar-refractivity contribution >= 4 is 103 Å². The smallest absolute Gasteiger partial charge is 0.410 e. The average molecular weight is 1430 g/mol. The highest BCUT2D eigenvalue weighted by molar-refractivity contribution is 7.22. The van der Waals surface area contributed by atoms with E-state index in [0.29, 0.717) is 75.5 Å². The molecule has 7 atom stereocenters. The summed E-state index contributed by atoms with van der Waals surface area (Å²) in [6.45, 7) is 10.9. The summed E-state index contributed by atoms with van der Waals surface area (Å²) >= 11 is 1.39. The predicted molar refractivity (Wildman–Crippen MR) is 386 cm³/mol. The van der Waals surface area contributed by atoms with E-state index in [-0.39, 0.29) is 129 Å². The van der Waals surface area contributed by atoms with Crippen LogP contribution in [-0.4, -0.2) is 150 Å². The fourth-order valence-corrected chi connectivity index (χ4v) is 16.9. The number of para-hydroxylation sites is 1. The van der Waals surface area contributed by atoms with Crippen LogP contribution in [0, 0.1) is 35.0 Å². The number of carboxylic acid groups (broad SMARTS) is 2. The Balaban J connectivity index is 0.706. The van der Waals surface area contributed by atoms with E-state index >= 15 is 0 Å². The number of carboxylic acids is 2. The Bertz CT molecular complexity index is 4380. The van der Waals surface area contributed by atoms with Crippen LogP contribution in [0.25, 0.3) is 43.4 Å². The number of unbranched alkanes of at least 4 members (excludes halogenated alkanes) is 2. The number of pyridine rings is 1. The zero-order valence-electron chi connectivity index (χ0n) is 58.5. The summed E-state index contributed by atoms with van der Waals surface area (Å²) in [5.41, 5.74) is 9.89. The number of carbonyl (C=O) groups is 10. The number of rotatable bonds is 32. The molecule has 9 N–H and O–H groups in total. The third kappa shape index (κ3) is 17.7. The van der Waals surface area contributed by atoms with Crippen molar-refractivity contribution in [1.82, 2.24) is 45.5 Å². The number of ether oxygens (including phenoxy) is 2. The van der Waals surface area contributed by atoms with Gasteiger partial charge in [-0.25, -0.2) is 24.4 Å². The lowest BCUT2D eigenvalue weighted by atomic mass is 9.40. The second-order valence-corrected chi connectivity index (χ2v) is 29.8. The molecule has 542 valence electrons. The maximum absolute atomic E-state index is 13.9. The molecule has 0 radical (unpaired) electrons. The second-order valence-electron chi connectivity index (χ2n) is 28.8. The number of nitrogens with one attached hydrogen (secondary N) is 5. The Morgan fingerprint density at radius 3 is 2.30 bits per heavy atom. The Morgan fingerprint density at radius 1 is 0.796 bits per heavy atom. The number of benzene rings is 4. The van der Waals surface area contributed by atoms with E-state index in [4.69, 9.17) is 25.3 Å². The van der Waals surface area contributed by atoms with Gasteiger partial charge in [-0.15, -0.1) is 0 Å². The van der Waals surface area contributed by atoms with Gasteiger partial charge in [0.15, 0.2) is 10.8 Å². The molecule has 9 amide bonds. The van der Waals surface area contributed by atoms with Gasteiger partial charge in [-0.3, -0.25) is 48.5 Å². The highest BCUT2D eigenvalue weighted by Gasteiger charge is 2.63. The molecule has 4 heterocycles. The number of anilines is 2. The molecule has 27 heteroatoms. The number of aromatic nitrogens is 4. The SMILES string of the molecule is Cc1c(-c2ccc(-c3ccc4cccc(C(=O)Nc5nc6ccccc6s5)c4c3)nc2C(=O)O)cnn1CC12CC3(C)CCC1C(OCCN(CCC(=O)O)C(=O)OCc1ccc(NC(=O)[C@H](CCCNC(N)=O)NC(=O)[C@@H](NC(=O)CCCCCN4C(=O)C=CC4=O)C(C)C)cc1)CC(C)(C3)C2. The van der Waals surface area contributed by atoms with Crippen molar-refractivity contribution in [3.63, 3.8) is 0 Å². The van der Waals surface area contributed by atoms with Crippen LogP contribution >= 0.6 is 11.3 Å². The standard InChI is InChI=1S/C76H88N12O14S/c1-45(2)65(84-61(89)18-7-6-10-33-87-62(90)27-28-63(87)91)69(96)82-58(16-12-32-78-71(77)99)68(95)80-50-23-19-47(20-24-50)40-102-73(100)86(34-30-64(92)93)35-36-101-59-38-75(5)41-74(4)31-29-55(59)76(42-74,43-75)44-88-46(3)54(39-79-88)51-25-26-56(81-66(51)70(97)98)49-22-21-48-13-11-14-52(53(48)37-49)67(94)85-72-83-57-15-8-9-17-60(57)103-72/h8-9,11,13-15,17,19-28,37,39,45,55,58-59,65H,6-7,10,12,16,18,29-36,38,40-44H2,1-5H3,(H,80,95)(H,82,96)(H,84,89)(H,92,93)(H,97,98)(H3,77,78,99)(H,83,85,94)/t55?,58-,59?,65-,74?,75?,76?/m0/s1. The summed E-state index contributed by atoms with van der Waals surface area (Å²) in [5, 5.41) is 41.3. The molecule has 4 aliphatic rings. The minimum atomic E-state index is -1.20. The zero-order chi connectivity index (χ0) is 73.3. The number of hydrogen-bond acceptors (Lipinski definition) is 16. The average Bonchev–Trinajstić information content (AvgIpc) is 1.67. The molecule has 4 aromatic carbocycles. The molecule has 26 nitrogen and oxygen atoms in total. The number of nitrogens with zero attached hydrogens (tertiary/aromatic N) is 6. The predicted octanol–water partition coefficient (Wildman–Crippen LogP) is 10.6. The first-order valence-electron chi connectivity index (χ1n) is 35.0. The van der Waals surface area contributed by atoms with Crippen LogP contribution in [0.3, 0.4) is 0 Å². The quantitative estimate of drug-likeness (QED) is 0.0143. The van der Waals surface area contributed by atoms with Gasteiger partial charge in [-0.2, -0.15) is 5.10 Å². The summed E-state index contributed by atoms with van der Waals surface area (Å²) in [5.74, 6) is -5.19. The molecule has 0 spiro atoms. The maximum atomic E-state index is 13.9. The number of imide groups is 1. The molecule has 5 unspecified atom stereocenters. The van der Waals surface area contributed by atoms with Crippen molar-refractivity contribution in [2.24, 2.45) is 33.8 Å². The summed E-state index contributed by atoms with van der Waals surface area (Å²) in [7, 11) is 0. The van der Waals surface area contributed by atoms with E-state index < -0.39 is 48.0 Å². The van der Waals surface area contributed by atoms with Crippen molar-refractivity contribution in [2.75, 3.05) is 43.4 Å². The molecular formula is C76H88N12O14S. The molecule has 103 heavy (non-hydrogen) atoms. The first kappa shape index (κ1) is 73.8. The summed E-state index contributed by atoms with van der Waals surface area (Å²) in [4.78, 5) is 141. The Labute approximate surface area is 599 Å². The minimum absolute atomic E-state index is 0.0562. The van der Waals surface area contributed by atoms with E-state index in [9.17, 15) is 58.2 Å². The van der Waals surface area contributed by atoms with Crippen molar-refractivity contribution < 1.29 is 67.6 Å². The highest BCUT2D eigenvalue weighted by Crippen LogP contribution is 2.69. The van der Waals surface area contributed by atoms with E-state index in [2.05, 4.69) is 45.4 Å². The number of aromatic carboxylic acids is 1. The molecule has 3 aliphatic carbocycles. The van der Waals surface area contributed by atoms with Crippen LogP contribution in [0.1, 0.15) is 143 Å². The fourth-order valence-electron chi connectivity index (χ4n) is 16.0. The second kappa shape index (κ2) is 31.9. The Hall–Kier alpha value is -10.4. The number of aliphatic carboxylic acids is 1. The summed E-state index contributed by atoms with van der Waals surface area (Å²) < 4.78 is 15.6. The number of primary amides is 1. The largest absolute Gasteiger partial charge is 0.481 e. The van der Waals surface area contributed by atoms with Crippen LogP contribution in [-0.2, 0) is 51.4 Å². The minimum Gasteiger partial charge on any atom is -0.481 e. The first-order chi connectivity index (χ1) is 49.2. The Morgan fingerprint density at radius 2 is 1.56 bits per heavy atom. The zero-order valence-corrected chi connectivity index (χ0v) is 59.3. The summed E-state index contributed by atoms with van der Waals surface area (Å²) in [6, 6.07) is 25.9. The highest BCUT2D eigenvalue weighted by atomic mass is 32.1. The van der Waals surface area contributed by atoms with Crippen LogP contribution < -0.4 is 32.3 Å². The number of hydrogen-bond donors (Lipinski definition) is 8. The normalized spacial score (nSPS) is 20.2. The van der Waals surface area contributed by atoms with Gasteiger partial charge < -0.3 is 51.6 Å². The molecule has 1 aliphatic heterocycles. The lowest BCUT2D eigenvalue weighted by molar-refractivity contribution is -0.203. The molecule has 11 rings (SSSR count). The fraction of sp³-hybridized carbons (Fsp3) is 0.434. The van der Waals surface area contributed by atoms with Gasteiger partial charge in [-0.05, 0) is 164 Å². The van der Waals surface area contributed by atoms with Crippen molar-refractivity contribution in [1.29, 1.82) is 0 Å². The van der Waals surface area contributed by atoms with Crippen molar-refractivity contribution in [3.8, 4) is 22.4 Å². The van der Waals surface area contributed by atoms with Gasteiger partial charge >= 0.3 is 24.1 Å². The third-order valence-electron chi connectivity index (χ3n) is 20.5. The van der Waals surface area contributed by atoms with E-state index in [1.807, 2.05) is 66.2 Å². The molecular weight excluding hydrogens is 1340 g/mol. The van der Waals surface area contributed by atoms with E-state index in [1.165, 1.54) is 28.4 Å². The van der Waals surface area contributed by atoms with Gasteiger partial charge in [-0.1, -0.05) is 94.0 Å². The number of urea groups is 1. The van der Waals surface area contributed by atoms with Crippen molar-refractivity contribution in [2.45, 2.75) is 149 Å². The topological polar surface area (TPSA) is 366 Å². The lowest BCUT2D eigenvalue weighted by Gasteiger charge is -2.66. The number of fused-ring (bicyclic) bond motifs is 4. The lowest BCUT2D eigenvalue weighted by Crippen LogP contribution is -2.61. The molecule has 3 saturated carbocycles. The van der Waals surface area contributed by atoms with Crippen LogP contribution in [0.2, 0.25) is 0 Å². The molecule has 3 aromatic heterocycles. The van der Waals surface area contributed by atoms with Gasteiger partial charge in [0.1, 0.15) is 18.7 Å². The van der Waals surface area contributed by atoms with Gasteiger partial charge in [0.05, 0.1) is 41.2 Å². The van der Waals surface area contributed by atoms with Gasteiger partial charge in [0.25, 0.3) is 17.7 Å². The number of thiazole rings is 1. The van der Waals surface area contributed by atoms with E-state index in [0.717, 1.165) is 64.7 Å². The molecule has 7 aromatic rings. The Kier molecular flexibility index (Phi) is 22.8. The van der Waals surface area contributed by atoms with Crippen LogP contribution in [0.4, 0.5) is 20.4 Å². The summed E-state index contributed by atoms with van der Waals surface area (Å²) in [6.07, 6.45) is 10.4. The van der Waals surface area contributed by atoms with Gasteiger partial charge in [0.2, 0.25) is 17.7 Å². The van der Waals surface area contributed by atoms with Crippen molar-refractivity contribution in [3.05, 3.63) is 138 Å². The first-order valence-corrected chi connectivity index (χ1v) is 35.9.